The molecule has 6 nitrogen and oxygen atoms in total. The van der Waals surface area contributed by atoms with Crippen molar-refractivity contribution < 1.29 is 28.2 Å². The molecule has 4 N–H and O–H groups in total. The maximum absolute atomic E-state index is 12.5. The first-order chi connectivity index (χ1) is 9.62. The number of H-pyrrole nitrogens is 1. The van der Waals surface area contributed by atoms with Gasteiger partial charge in [0.2, 0.25) is 5.91 Å². The van der Waals surface area contributed by atoms with Crippen LogP contribution >= 0.6 is 0 Å². The molecule has 0 fully saturated rings. The van der Waals surface area contributed by atoms with Gasteiger partial charge in [0, 0.05) is 25.2 Å². The van der Waals surface area contributed by atoms with Crippen LogP contribution in [0.15, 0.2) is 17.1 Å². The molecule has 1 aromatic heterocycles. The first-order valence-electron chi connectivity index (χ1n) is 6.03. The topological polar surface area (TPSA) is 102 Å². The van der Waals surface area contributed by atoms with Crippen LogP contribution in [-0.4, -0.2) is 33.8 Å². The van der Waals surface area contributed by atoms with Gasteiger partial charge in [-0.05, 0) is 12.5 Å². The summed E-state index contributed by atoms with van der Waals surface area (Å²) in [6.45, 7) is 1.27. The van der Waals surface area contributed by atoms with E-state index in [-0.39, 0.29) is 18.9 Å². The number of rotatable bonds is 5. The Morgan fingerprint density at radius 1 is 1.43 bits per heavy atom. The number of amides is 1. The van der Waals surface area contributed by atoms with Gasteiger partial charge in [-0.1, -0.05) is 0 Å². The number of halogens is 3. The lowest BCUT2D eigenvalue weighted by molar-refractivity contribution is -0.138. The molecule has 1 rings (SSSR count). The van der Waals surface area contributed by atoms with Gasteiger partial charge in [0.1, 0.15) is 6.10 Å². The predicted octanol–water partition coefficient (Wildman–Crippen LogP) is 0.314. The van der Waals surface area contributed by atoms with Gasteiger partial charge in [0.05, 0.1) is 11.7 Å². The second-order valence-corrected chi connectivity index (χ2v) is 4.45. The number of aromatic amines is 1. The first kappa shape index (κ1) is 17.2. The van der Waals surface area contributed by atoms with Crippen LogP contribution in [0.2, 0.25) is 0 Å². The Kier molecular flexibility index (Phi) is 5.50. The summed E-state index contributed by atoms with van der Waals surface area (Å²) in [4.78, 5) is 24.0. The molecule has 0 bridgehead atoms. The van der Waals surface area contributed by atoms with Crippen molar-refractivity contribution in [3.63, 3.8) is 0 Å². The lowest BCUT2D eigenvalue weighted by atomic mass is 10.0. The van der Waals surface area contributed by atoms with Crippen LogP contribution in [0.25, 0.3) is 0 Å². The van der Waals surface area contributed by atoms with E-state index in [9.17, 15) is 33.0 Å². The monoisotopic (exact) mass is 308 g/mol. The van der Waals surface area contributed by atoms with E-state index in [4.69, 9.17) is 0 Å². The van der Waals surface area contributed by atoms with Crippen LogP contribution in [0, 0.1) is 0 Å². The highest BCUT2D eigenvalue weighted by Gasteiger charge is 2.32. The maximum Gasteiger partial charge on any atom is 0.417 e. The SMILES string of the molecule is CC(=O)NCCC(O)C(O)c1cc(C(F)(F)F)c[nH]c1=O. The molecule has 1 amide bonds. The maximum atomic E-state index is 12.5. The molecule has 2 unspecified atom stereocenters. The number of carbonyl (C=O) groups is 1. The lowest BCUT2D eigenvalue weighted by Crippen LogP contribution is -2.30. The third-order valence-corrected chi connectivity index (χ3v) is 2.76. The highest BCUT2D eigenvalue weighted by atomic mass is 19.4. The quantitative estimate of drug-likeness (QED) is 0.629. The molecule has 0 saturated carbocycles. The molecular formula is C12H15F3N2O4. The number of pyridine rings is 1. The van der Waals surface area contributed by atoms with Crippen molar-refractivity contribution in [2.24, 2.45) is 0 Å². The first-order valence-corrected chi connectivity index (χ1v) is 6.03. The van der Waals surface area contributed by atoms with Crippen molar-refractivity contribution in [1.29, 1.82) is 0 Å². The van der Waals surface area contributed by atoms with E-state index < -0.39 is 35.1 Å². The van der Waals surface area contributed by atoms with Gasteiger partial charge in [-0.15, -0.1) is 0 Å². The third kappa shape index (κ3) is 4.87. The number of aromatic nitrogens is 1. The van der Waals surface area contributed by atoms with E-state index in [0.29, 0.717) is 12.3 Å². The number of carbonyl (C=O) groups excluding carboxylic acids is 1. The number of aliphatic hydroxyl groups excluding tert-OH is 2. The van der Waals surface area contributed by atoms with Gasteiger partial charge >= 0.3 is 6.18 Å². The van der Waals surface area contributed by atoms with Crippen LogP contribution in [0.4, 0.5) is 13.2 Å². The lowest BCUT2D eigenvalue weighted by Gasteiger charge is -2.18. The molecule has 9 heteroatoms. The molecule has 0 spiro atoms. The fourth-order valence-corrected chi connectivity index (χ4v) is 1.65. The van der Waals surface area contributed by atoms with Gasteiger partial charge < -0.3 is 20.5 Å². The fraction of sp³-hybridized carbons (Fsp3) is 0.500. The van der Waals surface area contributed by atoms with E-state index in [1.165, 1.54) is 6.92 Å². The largest absolute Gasteiger partial charge is 0.417 e. The van der Waals surface area contributed by atoms with Gasteiger partial charge in [-0.2, -0.15) is 13.2 Å². The Morgan fingerprint density at radius 2 is 2.05 bits per heavy atom. The Bertz CT molecular complexity index is 556. The van der Waals surface area contributed by atoms with Crippen molar-refractivity contribution in [2.75, 3.05) is 6.54 Å². The number of hydrogen-bond acceptors (Lipinski definition) is 4. The zero-order chi connectivity index (χ0) is 16.2. The van der Waals surface area contributed by atoms with E-state index in [2.05, 4.69) is 5.32 Å². The van der Waals surface area contributed by atoms with Crippen molar-refractivity contribution in [1.82, 2.24) is 10.3 Å². The zero-order valence-corrected chi connectivity index (χ0v) is 11.1. The van der Waals surface area contributed by atoms with Crippen molar-refractivity contribution >= 4 is 5.91 Å². The zero-order valence-electron chi connectivity index (χ0n) is 11.1. The Balaban J connectivity index is 2.88. The molecule has 0 aliphatic carbocycles. The van der Waals surface area contributed by atoms with Gasteiger partial charge in [-0.25, -0.2) is 0 Å². The standard InChI is InChI=1S/C12H15F3N2O4/c1-6(18)16-3-2-9(19)10(20)8-4-7(12(13,14)15)5-17-11(8)21/h4-5,9-10,19-20H,2-3H2,1H3,(H,16,18)(H,17,21). The third-order valence-electron chi connectivity index (χ3n) is 2.76. The predicted molar refractivity (Wildman–Crippen MR) is 66.3 cm³/mol. The number of nitrogens with one attached hydrogen (secondary N) is 2. The molecule has 2 atom stereocenters. The molecule has 1 aromatic rings. The fourth-order valence-electron chi connectivity index (χ4n) is 1.65. The summed E-state index contributed by atoms with van der Waals surface area (Å²) >= 11 is 0. The van der Waals surface area contributed by atoms with Crippen LogP contribution in [0.5, 0.6) is 0 Å². The van der Waals surface area contributed by atoms with Crippen LogP contribution < -0.4 is 10.9 Å². The Hall–Kier alpha value is -1.87. The van der Waals surface area contributed by atoms with Crippen LogP contribution in [0.3, 0.4) is 0 Å². The number of hydrogen-bond donors (Lipinski definition) is 4. The summed E-state index contributed by atoms with van der Waals surface area (Å²) in [6.07, 6.45) is -7.58. The molecule has 0 aliphatic rings. The molecule has 0 radical (unpaired) electrons. The van der Waals surface area contributed by atoms with Gasteiger partial charge in [0.15, 0.2) is 0 Å². The van der Waals surface area contributed by atoms with Crippen molar-refractivity contribution in [3.05, 3.63) is 33.7 Å². The van der Waals surface area contributed by atoms with Gasteiger partial charge in [0.25, 0.3) is 5.56 Å². The average Bonchev–Trinajstić information content (AvgIpc) is 2.36. The highest BCUT2D eigenvalue weighted by Crippen LogP contribution is 2.29. The summed E-state index contributed by atoms with van der Waals surface area (Å²) in [7, 11) is 0. The van der Waals surface area contributed by atoms with Crippen LogP contribution in [-0.2, 0) is 11.0 Å². The second kappa shape index (κ2) is 6.72. The van der Waals surface area contributed by atoms with E-state index in [1.54, 1.807) is 0 Å². The molecule has 0 aromatic carbocycles. The summed E-state index contributed by atoms with van der Waals surface area (Å²) in [6, 6.07) is 0.491. The summed E-state index contributed by atoms with van der Waals surface area (Å²) in [5.41, 5.74) is -2.64. The van der Waals surface area contributed by atoms with Crippen molar-refractivity contribution in [3.8, 4) is 0 Å². The minimum Gasteiger partial charge on any atom is -0.390 e. The molecule has 0 aliphatic heterocycles. The summed E-state index contributed by atoms with van der Waals surface area (Å²) < 4.78 is 37.6. The van der Waals surface area contributed by atoms with E-state index >= 15 is 0 Å². The van der Waals surface area contributed by atoms with Gasteiger partial charge in [-0.3, -0.25) is 9.59 Å². The smallest absolute Gasteiger partial charge is 0.390 e. The Labute approximate surface area is 117 Å². The minimum atomic E-state index is -4.68. The molecule has 0 saturated heterocycles. The molecule has 21 heavy (non-hydrogen) atoms. The molecular weight excluding hydrogens is 293 g/mol. The average molecular weight is 308 g/mol. The van der Waals surface area contributed by atoms with E-state index in [0.717, 1.165) is 0 Å². The normalized spacial score (nSPS) is 14.6. The van der Waals surface area contributed by atoms with Crippen molar-refractivity contribution in [2.45, 2.75) is 31.7 Å². The summed E-state index contributed by atoms with van der Waals surface area (Å²) in [5.74, 6) is -0.353. The van der Waals surface area contributed by atoms with E-state index in [1.807, 2.05) is 4.98 Å². The second-order valence-electron chi connectivity index (χ2n) is 4.45. The number of alkyl halides is 3. The molecule has 1 heterocycles. The highest BCUT2D eigenvalue weighted by molar-refractivity contribution is 5.72. The van der Waals surface area contributed by atoms with Crippen LogP contribution in [0.1, 0.15) is 30.6 Å². The Morgan fingerprint density at radius 3 is 2.57 bits per heavy atom. The molecule has 118 valence electrons. The minimum absolute atomic E-state index is 0.0183. The number of aliphatic hydroxyl groups is 2. The summed E-state index contributed by atoms with van der Waals surface area (Å²) in [5, 5.41) is 21.8.